The van der Waals surface area contributed by atoms with E-state index < -0.39 is 5.66 Å². The molecule has 2 heterocycles. The number of amides is 2. The monoisotopic (exact) mass is 723 g/mol. The Balaban J connectivity index is 1.53. The summed E-state index contributed by atoms with van der Waals surface area (Å²) < 4.78 is 6.15. The summed E-state index contributed by atoms with van der Waals surface area (Å²) in [5.41, 5.74) is 1.67. The summed E-state index contributed by atoms with van der Waals surface area (Å²) in [5.74, 6) is 1.09. The number of H-pyrrole nitrogens is 1. The van der Waals surface area contributed by atoms with Crippen LogP contribution in [0.5, 0.6) is 5.75 Å². The summed E-state index contributed by atoms with van der Waals surface area (Å²) >= 11 is 13.7. The van der Waals surface area contributed by atoms with E-state index in [9.17, 15) is 9.59 Å². The lowest BCUT2D eigenvalue weighted by Gasteiger charge is -2.47. The van der Waals surface area contributed by atoms with Gasteiger partial charge in [0.15, 0.2) is 11.6 Å². The van der Waals surface area contributed by atoms with Crippen LogP contribution in [0.25, 0.3) is 0 Å². The van der Waals surface area contributed by atoms with Crippen molar-refractivity contribution in [2.45, 2.75) is 112 Å². The molecule has 1 aliphatic heterocycles. The Labute approximate surface area is 306 Å². The van der Waals surface area contributed by atoms with Crippen LogP contribution in [0.15, 0.2) is 41.4 Å². The fraction of sp³-hybridized carbons (Fsp3) is 0.579. The number of aromatic amines is 1. The van der Waals surface area contributed by atoms with Crippen LogP contribution in [0.4, 0.5) is 0 Å². The minimum atomic E-state index is -0.747. The molecule has 2 amide bonds. The molecule has 0 saturated heterocycles. The average molecular weight is 725 g/mol. The first-order chi connectivity index (χ1) is 23.5. The summed E-state index contributed by atoms with van der Waals surface area (Å²) in [7, 11) is 0. The third kappa shape index (κ3) is 8.86. The molecule has 1 aliphatic carbocycles. The number of halogens is 2. The van der Waals surface area contributed by atoms with E-state index in [1.165, 1.54) is 0 Å². The molecule has 0 radical (unpaired) electrons. The van der Waals surface area contributed by atoms with Gasteiger partial charge in [0.25, 0.3) is 11.8 Å². The van der Waals surface area contributed by atoms with Gasteiger partial charge in [0, 0.05) is 11.1 Å². The maximum absolute atomic E-state index is 15.0. The van der Waals surface area contributed by atoms with Gasteiger partial charge in [0.1, 0.15) is 11.4 Å². The molecule has 2 unspecified atom stereocenters. The van der Waals surface area contributed by atoms with Gasteiger partial charge in [0.05, 0.1) is 29.2 Å². The van der Waals surface area contributed by atoms with Crippen LogP contribution in [0.1, 0.15) is 127 Å². The Morgan fingerprint density at radius 1 is 1.02 bits per heavy atom. The zero-order chi connectivity index (χ0) is 36.4. The number of aromatic nitrogens is 4. The molecule has 0 bridgehead atoms. The van der Waals surface area contributed by atoms with E-state index in [0.29, 0.717) is 56.9 Å². The SMILES string of the molecule is CC1CC(C)CC2(C1)N=C(c1ccc(Cl)c(OCCC(C)(C)C)c1Cl)C(=O)N2[C@H](CCC(C)(C)C)c1ccc(C(=O)NCc2nn[nH]n2)cc1. The standard InChI is InChI=1S/C38H51Cl2N7O3/c1-23-19-24(2)21-38(20-23)42-32(27-13-14-28(39)33(31(27)40)50-18-17-37(6,7)8)35(49)47(38)29(15-16-36(3,4)5)25-9-11-26(12-10-25)34(48)41-22-30-43-45-46-44-30/h9-14,23-24,29H,15-22H2,1-8H3,(H,41,48)(H,43,44,45,46)/t23?,24?,29-,38?/m1/s1. The minimum absolute atomic E-state index is 0.0266. The van der Waals surface area contributed by atoms with Gasteiger partial charge in [-0.1, -0.05) is 95.9 Å². The number of hydrogen-bond acceptors (Lipinski definition) is 7. The van der Waals surface area contributed by atoms with Gasteiger partial charge in [-0.15, -0.1) is 10.2 Å². The number of carbonyl (C=O) groups excluding carboxylic acids is 2. The minimum Gasteiger partial charge on any atom is -0.490 e. The molecule has 2 N–H and O–H groups in total. The lowest BCUT2D eigenvalue weighted by molar-refractivity contribution is -0.134. The topological polar surface area (TPSA) is 125 Å². The number of carbonyl (C=O) groups is 2. The van der Waals surface area contributed by atoms with Gasteiger partial charge in [-0.25, -0.2) is 0 Å². The molecular weight excluding hydrogens is 673 g/mol. The number of aliphatic imine (C=N–C) groups is 1. The zero-order valence-corrected chi connectivity index (χ0v) is 32.1. The zero-order valence-electron chi connectivity index (χ0n) is 30.6. The Bertz CT molecular complexity index is 1680. The van der Waals surface area contributed by atoms with Crippen molar-refractivity contribution >= 4 is 40.7 Å². The summed E-state index contributed by atoms with van der Waals surface area (Å²) in [6, 6.07) is 10.8. The molecule has 3 atom stereocenters. The van der Waals surface area contributed by atoms with Crippen molar-refractivity contribution in [3.05, 3.63) is 69.0 Å². The van der Waals surface area contributed by atoms with E-state index in [1.807, 2.05) is 29.2 Å². The second-order valence-electron chi connectivity index (χ2n) is 16.6. The predicted octanol–water partition coefficient (Wildman–Crippen LogP) is 8.60. The highest BCUT2D eigenvalue weighted by Crippen LogP contribution is 2.50. The highest BCUT2D eigenvalue weighted by atomic mass is 35.5. The molecule has 1 aromatic heterocycles. The first kappa shape index (κ1) is 37.7. The van der Waals surface area contributed by atoms with Crippen molar-refractivity contribution in [1.29, 1.82) is 0 Å². The van der Waals surface area contributed by atoms with E-state index in [1.54, 1.807) is 12.1 Å². The lowest BCUT2D eigenvalue weighted by Crippen LogP contribution is -2.52. The van der Waals surface area contributed by atoms with Crippen LogP contribution in [-0.4, -0.2) is 55.3 Å². The molecule has 1 spiro atoms. The van der Waals surface area contributed by atoms with Gasteiger partial charge >= 0.3 is 0 Å². The van der Waals surface area contributed by atoms with Crippen molar-refractivity contribution in [2.24, 2.45) is 27.7 Å². The quantitative estimate of drug-likeness (QED) is 0.204. The maximum Gasteiger partial charge on any atom is 0.275 e. The highest BCUT2D eigenvalue weighted by molar-refractivity contribution is 6.51. The third-order valence-electron chi connectivity index (χ3n) is 9.58. The molecular formula is C38H51Cl2N7O3. The van der Waals surface area contributed by atoms with Gasteiger partial charge in [-0.05, 0) is 91.0 Å². The summed E-state index contributed by atoms with van der Waals surface area (Å²) in [6.45, 7) is 18.2. The number of hydrogen-bond donors (Lipinski definition) is 2. The van der Waals surface area contributed by atoms with Gasteiger partial charge in [-0.2, -0.15) is 5.21 Å². The largest absolute Gasteiger partial charge is 0.490 e. The average Bonchev–Trinajstić information content (AvgIpc) is 3.63. The lowest BCUT2D eigenvalue weighted by atomic mass is 9.75. The first-order valence-corrected chi connectivity index (χ1v) is 18.4. The fourth-order valence-corrected chi connectivity index (χ4v) is 7.83. The van der Waals surface area contributed by atoms with Gasteiger partial charge in [0.2, 0.25) is 0 Å². The van der Waals surface area contributed by atoms with Crippen LogP contribution in [0, 0.1) is 22.7 Å². The molecule has 5 rings (SSSR count). The molecule has 2 aromatic carbocycles. The van der Waals surface area contributed by atoms with E-state index in [4.69, 9.17) is 32.9 Å². The highest BCUT2D eigenvalue weighted by Gasteiger charge is 2.53. The van der Waals surface area contributed by atoms with Crippen LogP contribution in [0.2, 0.25) is 10.0 Å². The van der Waals surface area contributed by atoms with Gasteiger partial charge in [-0.3, -0.25) is 14.6 Å². The number of rotatable bonds is 11. The van der Waals surface area contributed by atoms with E-state index >= 15 is 0 Å². The van der Waals surface area contributed by atoms with Crippen LogP contribution in [-0.2, 0) is 11.3 Å². The second-order valence-corrected chi connectivity index (χ2v) is 17.4. The Morgan fingerprint density at radius 3 is 2.28 bits per heavy atom. The van der Waals surface area contributed by atoms with E-state index in [2.05, 4.69) is 81.3 Å². The number of benzene rings is 2. The maximum atomic E-state index is 15.0. The first-order valence-electron chi connectivity index (χ1n) is 17.6. The number of nitrogens with one attached hydrogen (secondary N) is 2. The normalized spacial score (nSPS) is 21.8. The van der Waals surface area contributed by atoms with Crippen molar-refractivity contribution in [3.63, 3.8) is 0 Å². The number of tetrazole rings is 1. The van der Waals surface area contributed by atoms with Crippen LogP contribution in [0.3, 0.4) is 0 Å². The van der Waals surface area contributed by atoms with Crippen molar-refractivity contribution in [1.82, 2.24) is 30.8 Å². The van der Waals surface area contributed by atoms with Crippen LogP contribution < -0.4 is 10.1 Å². The van der Waals surface area contributed by atoms with Crippen LogP contribution >= 0.6 is 23.2 Å². The molecule has 12 heteroatoms. The molecule has 1 fully saturated rings. The number of nitrogens with zero attached hydrogens (tertiary/aromatic N) is 5. The molecule has 10 nitrogen and oxygen atoms in total. The molecule has 3 aromatic rings. The summed E-state index contributed by atoms with van der Waals surface area (Å²) in [4.78, 5) is 35.4. The summed E-state index contributed by atoms with van der Waals surface area (Å²) in [5, 5.41) is 17.2. The third-order valence-corrected chi connectivity index (χ3v) is 10.3. The van der Waals surface area contributed by atoms with Gasteiger partial charge < -0.3 is 15.0 Å². The predicted molar refractivity (Wildman–Crippen MR) is 198 cm³/mol. The van der Waals surface area contributed by atoms with Crippen molar-refractivity contribution in [3.8, 4) is 5.75 Å². The molecule has 1 saturated carbocycles. The fourth-order valence-electron chi connectivity index (χ4n) is 7.26. The van der Waals surface area contributed by atoms with Crippen molar-refractivity contribution in [2.75, 3.05) is 6.61 Å². The molecule has 50 heavy (non-hydrogen) atoms. The Kier molecular flexibility index (Phi) is 11.3. The number of ether oxygens (including phenoxy) is 1. The van der Waals surface area contributed by atoms with Crippen molar-refractivity contribution < 1.29 is 14.3 Å². The molecule has 2 aliphatic rings. The summed E-state index contributed by atoms with van der Waals surface area (Å²) in [6.07, 6.45) is 4.97. The Morgan fingerprint density at radius 2 is 1.68 bits per heavy atom. The Hall–Kier alpha value is -3.50. The van der Waals surface area contributed by atoms with E-state index in [-0.39, 0.29) is 35.2 Å². The smallest absolute Gasteiger partial charge is 0.275 e. The second kappa shape index (κ2) is 15.0. The van der Waals surface area contributed by atoms with E-state index in [0.717, 1.165) is 44.1 Å². The molecule has 270 valence electrons.